The number of pyridine rings is 2. The van der Waals surface area contributed by atoms with Crippen LogP contribution >= 0.6 is 11.3 Å². The third-order valence-corrected chi connectivity index (χ3v) is 9.73. The Labute approximate surface area is 274 Å². The number of nitrogens with zero attached hydrogens (tertiary/aromatic N) is 5. The van der Waals surface area contributed by atoms with Gasteiger partial charge in [-0.2, -0.15) is 5.10 Å². The van der Waals surface area contributed by atoms with E-state index in [2.05, 4.69) is 17.1 Å². The average Bonchev–Trinajstić information content (AvgIpc) is 3.64. The van der Waals surface area contributed by atoms with E-state index in [4.69, 9.17) is 24.5 Å². The van der Waals surface area contributed by atoms with Crippen molar-refractivity contribution in [2.24, 2.45) is 0 Å². The molecule has 2 atom stereocenters. The topological polar surface area (TPSA) is 97.6 Å². The minimum atomic E-state index is -0.910. The van der Waals surface area contributed by atoms with Gasteiger partial charge in [-0.05, 0) is 31.5 Å². The molecule has 246 valence electrons. The van der Waals surface area contributed by atoms with E-state index >= 15 is 8.78 Å². The van der Waals surface area contributed by atoms with Crippen molar-refractivity contribution in [3.8, 4) is 39.5 Å². The Bertz CT molecular complexity index is 1960. The molecule has 0 saturated carbocycles. The van der Waals surface area contributed by atoms with Crippen LogP contribution in [0, 0.1) is 17.5 Å². The lowest BCUT2D eigenvalue weighted by atomic mass is 9.94. The highest BCUT2D eigenvalue weighted by Crippen LogP contribution is 2.48. The molecule has 0 fully saturated rings. The smallest absolute Gasteiger partial charge is 0.142 e. The summed E-state index contributed by atoms with van der Waals surface area (Å²) in [5.41, 5.74) is 4.75. The lowest BCUT2D eigenvalue weighted by Crippen LogP contribution is -2.39. The van der Waals surface area contributed by atoms with Crippen LogP contribution in [0.5, 0.6) is 5.75 Å². The Balaban J connectivity index is 1.50. The average molecular weight is 665 g/mol. The zero-order valence-electron chi connectivity index (χ0n) is 26.3. The Hall–Kier alpha value is -3.88. The van der Waals surface area contributed by atoms with Gasteiger partial charge in [-0.25, -0.2) is 18.2 Å². The molecule has 13 heteroatoms. The van der Waals surface area contributed by atoms with Crippen molar-refractivity contribution in [2.75, 3.05) is 40.0 Å². The lowest BCUT2D eigenvalue weighted by Gasteiger charge is -2.27. The first kappa shape index (κ1) is 31.7. The van der Waals surface area contributed by atoms with Gasteiger partial charge >= 0.3 is 0 Å². The van der Waals surface area contributed by atoms with Crippen molar-refractivity contribution in [3.05, 3.63) is 70.2 Å². The van der Waals surface area contributed by atoms with E-state index in [0.717, 1.165) is 53.4 Å². The van der Waals surface area contributed by atoms with Crippen molar-refractivity contribution in [1.29, 1.82) is 0 Å². The van der Waals surface area contributed by atoms with Crippen LogP contribution in [0.3, 0.4) is 0 Å². The van der Waals surface area contributed by atoms with Crippen molar-refractivity contribution < 1.29 is 27.8 Å². The fourth-order valence-corrected chi connectivity index (χ4v) is 7.59. The molecule has 0 radical (unpaired) electrons. The quantitative estimate of drug-likeness (QED) is 0.193. The third kappa shape index (κ3) is 5.91. The molecule has 2 aliphatic heterocycles. The summed E-state index contributed by atoms with van der Waals surface area (Å²) in [6.07, 6.45) is 2.49. The van der Waals surface area contributed by atoms with E-state index in [9.17, 15) is 9.50 Å². The second-order valence-corrected chi connectivity index (χ2v) is 13.0. The lowest BCUT2D eigenvalue weighted by molar-refractivity contribution is 0.146. The Morgan fingerprint density at radius 3 is 2.72 bits per heavy atom. The van der Waals surface area contributed by atoms with E-state index in [1.807, 2.05) is 23.7 Å². The number of nitrogens with one attached hydrogen (secondary N) is 1. The van der Waals surface area contributed by atoms with Gasteiger partial charge in [-0.15, -0.1) is 11.3 Å². The van der Waals surface area contributed by atoms with Gasteiger partial charge in [-0.1, -0.05) is 0 Å². The zero-order chi connectivity index (χ0) is 32.8. The monoisotopic (exact) mass is 664 g/mol. The number of rotatable bonds is 9. The maximum absolute atomic E-state index is 16.1. The summed E-state index contributed by atoms with van der Waals surface area (Å²) in [5.74, 6) is -2.39. The number of ether oxygens (including phenoxy) is 2. The van der Waals surface area contributed by atoms with Gasteiger partial charge in [0, 0.05) is 91.2 Å². The molecule has 4 aromatic heterocycles. The number of benzene rings is 1. The van der Waals surface area contributed by atoms with Crippen LogP contribution in [0.4, 0.5) is 13.2 Å². The van der Waals surface area contributed by atoms with Crippen LogP contribution < -0.4 is 10.1 Å². The molecule has 2 N–H and O–H groups in total. The second kappa shape index (κ2) is 13.0. The van der Waals surface area contributed by atoms with E-state index < -0.39 is 17.5 Å². The second-order valence-electron chi connectivity index (χ2n) is 12.1. The van der Waals surface area contributed by atoms with Crippen LogP contribution in [0.15, 0.2) is 35.8 Å². The van der Waals surface area contributed by atoms with E-state index in [1.165, 1.54) is 12.5 Å². The largest absolute Gasteiger partial charge is 0.490 e. The Kier molecular flexibility index (Phi) is 8.75. The molecule has 2 unspecified atom stereocenters. The number of fused-ring (bicyclic) bond motifs is 3. The molecular formula is C34H35F3N6O3S. The number of methoxy groups -OCH3 is 1. The summed E-state index contributed by atoms with van der Waals surface area (Å²) in [6.45, 7) is 6.94. The first-order valence-corrected chi connectivity index (χ1v) is 16.5. The zero-order valence-corrected chi connectivity index (χ0v) is 27.1. The number of halogens is 3. The SMILES string of the molecule is COCCOc1cc(F)cc(F)c1-c1c(-c2cc3n(n2)CC(C)NC3C)nc(-c2cnc3c(c2)CN(CCO)CC3)c2scc(F)c12. The van der Waals surface area contributed by atoms with E-state index in [1.54, 1.807) is 6.20 Å². The predicted octanol–water partition coefficient (Wildman–Crippen LogP) is 5.73. The molecule has 2 aliphatic rings. The fourth-order valence-electron chi connectivity index (χ4n) is 6.66. The predicted molar refractivity (Wildman–Crippen MR) is 174 cm³/mol. The summed E-state index contributed by atoms with van der Waals surface area (Å²) in [6, 6.07) is 5.90. The van der Waals surface area contributed by atoms with Gasteiger partial charge in [-0.3, -0.25) is 14.6 Å². The molecule has 7 rings (SSSR count). The van der Waals surface area contributed by atoms with Crippen molar-refractivity contribution in [3.63, 3.8) is 0 Å². The van der Waals surface area contributed by atoms with Crippen molar-refractivity contribution >= 4 is 21.4 Å². The first-order valence-electron chi connectivity index (χ1n) is 15.6. The number of thiophene rings is 1. The van der Waals surface area contributed by atoms with Crippen LogP contribution in [-0.4, -0.2) is 75.8 Å². The number of hydrogen-bond donors (Lipinski definition) is 2. The normalized spacial score (nSPS) is 18.0. The van der Waals surface area contributed by atoms with E-state index in [0.29, 0.717) is 41.3 Å². The highest BCUT2D eigenvalue weighted by molar-refractivity contribution is 7.17. The fraction of sp³-hybridized carbons (Fsp3) is 0.382. The van der Waals surface area contributed by atoms with Crippen molar-refractivity contribution in [1.82, 2.24) is 30.0 Å². The molecule has 6 heterocycles. The van der Waals surface area contributed by atoms with Gasteiger partial charge in [0.15, 0.2) is 0 Å². The molecular weight excluding hydrogens is 629 g/mol. The maximum Gasteiger partial charge on any atom is 0.142 e. The third-order valence-electron chi connectivity index (χ3n) is 8.77. The number of aliphatic hydroxyl groups is 1. The van der Waals surface area contributed by atoms with Crippen LogP contribution in [0.25, 0.3) is 43.9 Å². The van der Waals surface area contributed by atoms with Gasteiger partial charge < -0.3 is 19.9 Å². The van der Waals surface area contributed by atoms with Gasteiger partial charge in [0.05, 0.1) is 41.4 Å². The van der Waals surface area contributed by atoms with Gasteiger partial charge in [0.1, 0.15) is 41.2 Å². The number of β-amino-alcohol motifs (C(OH)–C–C–N with tert-alkyl or cyclic N) is 1. The Morgan fingerprint density at radius 1 is 1.06 bits per heavy atom. The summed E-state index contributed by atoms with van der Waals surface area (Å²) in [5, 5.41) is 19.4. The molecule has 0 bridgehead atoms. The molecule has 0 amide bonds. The summed E-state index contributed by atoms with van der Waals surface area (Å²) in [4.78, 5) is 12.1. The summed E-state index contributed by atoms with van der Waals surface area (Å²) < 4.78 is 60.2. The molecule has 0 saturated heterocycles. The van der Waals surface area contributed by atoms with Crippen molar-refractivity contribution in [2.45, 2.75) is 45.4 Å². The van der Waals surface area contributed by atoms with Crippen LogP contribution in [0.2, 0.25) is 0 Å². The highest BCUT2D eigenvalue weighted by atomic mass is 32.1. The van der Waals surface area contributed by atoms with E-state index in [-0.39, 0.29) is 59.9 Å². The first-order chi connectivity index (χ1) is 22.7. The maximum atomic E-state index is 16.1. The van der Waals surface area contributed by atoms with Gasteiger partial charge in [0.25, 0.3) is 0 Å². The molecule has 47 heavy (non-hydrogen) atoms. The number of aliphatic hydroxyl groups excluding tert-OH is 1. The van der Waals surface area contributed by atoms with Crippen LogP contribution in [-0.2, 0) is 24.2 Å². The molecule has 0 aliphatic carbocycles. The van der Waals surface area contributed by atoms with Crippen LogP contribution in [0.1, 0.15) is 36.8 Å². The number of aromatic nitrogens is 4. The molecule has 0 spiro atoms. The number of hydrogen-bond acceptors (Lipinski definition) is 9. The molecule has 5 aromatic rings. The minimum Gasteiger partial charge on any atom is -0.490 e. The van der Waals surface area contributed by atoms with Gasteiger partial charge in [0.2, 0.25) is 0 Å². The molecule has 1 aromatic carbocycles. The summed E-state index contributed by atoms with van der Waals surface area (Å²) in [7, 11) is 1.50. The standard InChI is InChI=1S/C34H35F3N6O3S/c1-18-15-43-27(19(2)39-18)13-26(41-43)33-31(29-23(36)11-22(35)12-28(29)46-9-8-45-3)30-24(37)17-47-34(30)32(40-33)20-10-21-16-42(6-7-44)5-4-25(21)38-14-20/h10-14,17-19,39,44H,4-9,15-16H2,1-3H3. The Morgan fingerprint density at radius 2 is 1.91 bits per heavy atom. The minimum absolute atomic E-state index is 0.0215. The highest BCUT2D eigenvalue weighted by Gasteiger charge is 2.31. The summed E-state index contributed by atoms with van der Waals surface area (Å²) >= 11 is 1.16. The molecule has 9 nitrogen and oxygen atoms in total.